The Bertz CT molecular complexity index is 668. The van der Waals surface area contributed by atoms with Crippen molar-refractivity contribution in [3.63, 3.8) is 0 Å². The molecule has 4 nitrogen and oxygen atoms in total. The van der Waals surface area contributed by atoms with Gasteiger partial charge in [-0.2, -0.15) is 8.78 Å². The van der Waals surface area contributed by atoms with Crippen LogP contribution >= 0.6 is 19.7 Å². The highest BCUT2D eigenvalue weighted by molar-refractivity contribution is 7.48. The molecule has 1 N–H and O–H groups in total. The van der Waals surface area contributed by atoms with Crippen molar-refractivity contribution in [3.05, 3.63) is 34.7 Å². The molecule has 0 aliphatic rings. The molecule has 1 heterocycles. The molecule has 0 atom stereocenters. The number of alkyl halides is 2. The van der Waals surface area contributed by atoms with Crippen molar-refractivity contribution in [3.8, 4) is 0 Å². The van der Waals surface area contributed by atoms with Crippen LogP contribution < -0.4 is 0 Å². The van der Waals surface area contributed by atoms with Crippen LogP contribution in [0.1, 0.15) is 29.1 Å². The van der Waals surface area contributed by atoms with E-state index in [1.807, 2.05) is 0 Å². The van der Waals surface area contributed by atoms with Gasteiger partial charge >= 0.3 is 11.6 Å². The molecule has 0 unspecified atom stereocenters. The van der Waals surface area contributed by atoms with Gasteiger partial charge in [-0.05, 0) is 37.4 Å². The number of rotatable bonds is 7. The average molecular weight is 348 g/mol. The summed E-state index contributed by atoms with van der Waals surface area (Å²) in [6, 6.07) is 5.48. The first-order valence-corrected chi connectivity index (χ1v) is 8.60. The van der Waals surface area contributed by atoms with E-state index in [0.717, 1.165) is 11.3 Å². The highest BCUT2D eigenvalue weighted by Gasteiger charge is 2.44. The van der Waals surface area contributed by atoms with Gasteiger partial charge in [0.05, 0.1) is 13.2 Å². The second kappa shape index (κ2) is 6.96. The van der Waals surface area contributed by atoms with Gasteiger partial charge in [0.1, 0.15) is 4.88 Å². The maximum Gasteiger partial charge on any atom is 0.345 e. The van der Waals surface area contributed by atoms with Crippen molar-refractivity contribution in [1.29, 1.82) is 0 Å². The lowest BCUT2D eigenvalue weighted by Gasteiger charge is -2.25. The molecule has 8 heteroatoms. The molecule has 1 aromatic carbocycles. The third-order valence-electron chi connectivity index (χ3n) is 2.80. The molecule has 0 bridgehead atoms. The predicted molar refractivity (Wildman–Crippen MR) is 82.9 cm³/mol. The number of thiophene rings is 1. The Balaban J connectivity index is 2.40. The van der Waals surface area contributed by atoms with Gasteiger partial charge in [0.25, 0.3) is 8.38 Å². The fourth-order valence-corrected chi connectivity index (χ4v) is 3.97. The van der Waals surface area contributed by atoms with E-state index in [0.29, 0.717) is 10.1 Å². The van der Waals surface area contributed by atoms with Crippen molar-refractivity contribution >= 4 is 35.8 Å². The molecule has 0 amide bonds. The van der Waals surface area contributed by atoms with Crippen LogP contribution in [0.4, 0.5) is 8.78 Å². The van der Waals surface area contributed by atoms with E-state index < -0.39 is 20.0 Å². The zero-order valence-electron chi connectivity index (χ0n) is 12.0. The molecule has 0 radical (unpaired) electrons. The summed E-state index contributed by atoms with van der Waals surface area (Å²) >= 11 is 1.05. The van der Waals surface area contributed by atoms with Crippen LogP contribution in [0.2, 0.25) is 0 Å². The molecule has 0 aliphatic carbocycles. The van der Waals surface area contributed by atoms with Crippen LogP contribution in [0.3, 0.4) is 0 Å². The lowest BCUT2D eigenvalue weighted by molar-refractivity contribution is 0.0571. The van der Waals surface area contributed by atoms with Crippen LogP contribution in [-0.4, -0.2) is 24.3 Å². The lowest BCUT2D eigenvalue weighted by Crippen LogP contribution is -2.14. The van der Waals surface area contributed by atoms with E-state index in [-0.39, 0.29) is 23.7 Å². The normalized spacial score (nSPS) is 12.2. The number of carboxylic acid groups (broad SMARTS) is 1. The molecule has 0 saturated heterocycles. The van der Waals surface area contributed by atoms with Crippen LogP contribution in [0, 0.1) is 0 Å². The Labute approximate surface area is 131 Å². The third kappa shape index (κ3) is 3.43. The molecule has 0 fully saturated rings. The summed E-state index contributed by atoms with van der Waals surface area (Å²) in [7, 11) is -2.39. The largest absolute Gasteiger partial charge is 0.477 e. The number of halogens is 2. The number of fused-ring (bicyclic) bond motifs is 1. The van der Waals surface area contributed by atoms with E-state index >= 15 is 0 Å². The Morgan fingerprint density at radius 2 is 1.91 bits per heavy atom. The maximum absolute atomic E-state index is 14.6. The van der Waals surface area contributed by atoms with Crippen LogP contribution in [0.5, 0.6) is 0 Å². The summed E-state index contributed by atoms with van der Waals surface area (Å²) in [5, 5.41) is 9.44. The van der Waals surface area contributed by atoms with E-state index in [1.54, 1.807) is 13.8 Å². The van der Waals surface area contributed by atoms with Crippen LogP contribution in [-0.2, 0) is 14.7 Å². The molecule has 22 heavy (non-hydrogen) atoms. The van der Waals surface area contributed by atoms with Crippen molar-refractivity contribution in [1.82, 2.24) is 0 Å². The summed E-state index contributed by atoms with van der Waals surface area (Å²) in [4.78, 5) is 11.1. The third-order valence-corrected chi connectivity index (χ3v) is 5.60. The summed E-state index contributed by atoms with van der Waals surface area (Å²) in [6.45, 7) is 3.52. The Kier molecular flexibility index (Phi) is 5.45. The van der Waals surface area contributed by atoms with Crippen LogP contribution in [0.25, 0.3) is 10.1 Å². The van der Waals surface area contributed by atoms with Crippen molar-refractivity contribution in [2.75, 3.05) is 13.2 Å². The topological polar surface area (TPSA) is 55.8 Å². The second-order valence-electron chi connectivity index (χ2n) is 4.30. The Hall–Kier alpha value is -1.14. The number of aromatic carboxylic acids is 1. The van der Waals surface area contributed by atoms with Gasteiger partial charge in [-0.1, -0.05) is 6.07 Å². The molecular weight excluding hydrogens is 333 g/mol. The maximum atomic E-state index is 14.6. The van der Waals surface area contributed by atoms with Gasteiger partial charge < -0.3 is 14.2 Å². The minimum Gasteiger partial charge on any atom is -0.477 e. The van der Waals surface area contributed by atoms with E-state index in [1.165, 1.54) is 24.3 Å². The summed E-state index contributed by atoms with van der Waals surface area (Å²) in [5.74, 6) is -1.07. The van der Waals surface area contributed by atoms with Crippen molar-refractivity contribution in [2.45, 2.75) is 19.5 Å². The fraction of sp³-hybridized carbons (Fsp3) is 0.357. The summed E-state index contributed by atoms with van der Waals surface area (Å²) in [5.41, 5.74) is -3.50. The monoisotopic (exact) mass is 348 g/mol. The molecule has 1 aromatic heterocycles. The molecule has 0 aliphatic heterocycles. The van der Waals surface area contributed by atoms with E-state index in [9.17, 15) is 13.6 Å². The number of carbonyl (C=O) groups is 1. The highest BCUT2D eigenvalue weighted by Crippen LogP contribution is 2.60. The molecule has 2 rings (SSSR count). The van der Waals surface area contributed by atoms with Gasteiger partial charge in [-0.3, -0.25) is 0 Å². The Morgan fingerprint density at radius 3 is 2.45 bits per heavy atom. The molecular formula is C14H15F2O4PS. The van der Waals surface area contributed by atoms with Gasteiger partial charge in [-0.25, -0.2) is 4.79 Å². The zero-order chi connectivity index (χ0) is 16.3. The van der Waals surface area contributed by atoms with Gasteiger partial charge in [0.15, 0.2) is 0 Å². The average Bonchev–Trinajstić information content (AvgIpc) is 2.90. The first kappa shape index (κ1) is 17.2. The predicted octanol–water partition coefficient (Wildman–Crippen LogP) is 5.03. The van der Waals surface area contributed by atoms with Gasteiger partial charge in [0.2, 0.25) is 0 Å². The number of hydrogen-bond donors (Lipinski definition) is 1. The number of hydrogen-bond acceptors (Lipinski definition) is 4. The molecule has 120 valence electrons. The first-order chi connectivity index (χ1) is 10.4. The fourth-order valence-electron chi connectivity index (χ4n) is 1.88. The number of carboxylic acids is 1. The van der Waals surface area contributed by atoms with E-state index in [2.05, 4.69) is 0 Å². The van der Waals surface area contributed by atoms with Crippen molar-refractivity contribution < 1.29 is 27.7 Å². The molecule has 0 spiro atoms. The molecule has 0 saturated carbocycles. The minimum atomic E-state index is -3.26. The van der Waals surface area contributed by atoms with Crippen molar-refractivity contribution in [2.24, 2.45) is 0 Å². The second-order valence-corrected chi connectivity index (χ2v) is 6.98. The first-order valence-electron chi connectivity index (χ1n) is 6.61. The standard InChI is InChI=1S/C14H15F2O4PS/c1-3-19-21(20-4-2)14(15,16)10-5-6-11-9(7-10)8-12(22-11)13(17)18/h5-8H,3-4H2,1-2H3,(H,17,18). The Morgan fingerprint density at radius 1 is 1.27 bits per heavy atom. The highest BCUT2D eigenvalue weighted by atomic mass is 32.1. The zero-order valence-corrected chi connectivity index (χ0v) is 13.7. The van der Waals surface area contributed by atoms with Gasteiger partial charge in [0, 0.05) is 10.3 Å². The smallest absolute Gasteiger partial charge is 0.345 e. The SMILES string of the molecule is CCOP(OCC)C(F)(F)c1ccc2sc(C(=O)O)cc2c1. The van der Waals surface area contributed by atoms with Crippen LogP contribution in [0.15, 0.2) is 24.3 Å². The van der Waals surface area contributed by atoms with E-state index in [4.69, 9.17) is 14.2 Å². The minimum absolute atomic E-state index is 0.118. The summed E-state index contributed by atoms with van der Waals surface area (Å²) < 4.78 is 39.9. The number of benzene rings is 1. The van der Waals surface area contributed by atoms with Gasteiger partial charge in [-0.15, -0.1) is 11.3 Å². The molecule has 2 aromatic rings. The summed E-state index contributed by atoms with van der Waals surface area (Å²) in [6.07, 6.45) is 0. The quantitative estimate of drug-likeness (QED) is 0.713. The lowest BCUT2D eigenvalue weighted by atomic mass is 10.1.